The van der Waals surface area contributed by atoms with E-state index >= 15 is 0 Å². The molecule has 7 heteroatoms. The second kappa shape index (κ2) is 5.93. The van der Waals surface area contributed by atoms with Crippen molar-refractivity contribution in [3.05, 3.63) is 57.4 Å². The molecular weight excluding hydrogens is 298 g/mol. The van der Waals surface area contributed by atoms with Gasteiger partial charge < -0.3 is 14.7 Å². The lowest BCUT2D eigenvalue weighted by molar-refractivity contribution is 0.0956. The van der Waals surface area contributed by atoms with Crippen LogP contribution in [0.25, 0.3) is 0 Å². The third-order valence-electron chi connectivity index (χ3n) is 3.82. The molecule has 2 N–H and O–H groups in total. The topological polar surface area (TPSA) is 116 Å². The summed E-state index contributed by atoms with van der Waals surface area (Å²) in [6.07, 6.45) is 2.26. The van der Waals surface area contributed by atoms with Crippen LogP contribution in [0.5, 0.6) is 0 Å². The average Bonchev–Trinajstić information content (AvgIpc) is 3.06. The molecule has 1 aliphatic carbocycles. The van der Waals surface area contributed by atoms with Gasteiger partial charge in [-0.15, -0.1) is 0 Å². The summed E-state index contributed by atoms with van der Waals surface area (Å²) in [5.41, 5.74) is 0.106. The van der Waals surface area contributed by atoms with E-state index in [-0.39, 0.29) is 30.2 Å². The van der Waals surface area contributed by atoms with Crippen molar-refractivity contribution in [1.29, 1.82) is 5.26 Å². The van der Waals surface area contributed by atoms with E-state index < -0.39 is 11.5 Å². The van der Waals surface area contributed by atoms with E-state index in [2.05, 4.69) is 10.3 Å². The number of nitriles is 1. The van der Waals surface area contributed by atoms with Crippen molar-refractivity contribution >= 4 is 11.7 Å². The lowest BCUT2D eigenvalue weighted by atomic mass is 9.84. The van der Waals surface area contributed by atoms with Gasteiger partial charge >= 0.3 is 0 Å². The number of rotatable bonds is 3. The van der Waals surface area contributed by atoms with Crippen LogP contribution in [-0.4, -0.2) is 23.2 Å². The minimum Gasteiger partial charge on any atom is -0.469 e. The number of fused-ring (bicyclic) bond motifs is 1. The Kier molecular flexibility index (Phi) is 3.81. The average molecular weight is 311 g/mol. The number of carbonyl (C=O) groups excluding carboxylic acids is 2. The molecular formula is C16H13N3O4. The van der Waals surface area contributed by atoms with E-state index in [1.807, 2.05) is 0 Å². The number of hydrogen-bond donors (Lipinski definition) is 2. The Morgan fingerprint density at radius 1 is 1.43 bits per heavy atom. The smallest absolute Gasteiger partial charge is 0.261 e. The summed E-state index contributed by atoms with van der Waals surface area (Å²) in [5, 5.41) is 10.8. The van der Waals surface area contributed by atoms with Crippen LogP contribution in [0.3, 0.4) is 0 Å². The Morgan fingerprint density at radius 3 is 2.96 bits per heavy atom. The Hall–Kier alpha value is -3.14. The summed E-state index contributed by atoms with van der Waals surface area (Å²) in [4.78, 5) is 38.9. The molecule has 1 unspecified atom stereocenters. The minimum atomic E-state index is -0.670. The van der Waals surface area contributed by atoms with E-state index in [1.165, 1.54) is 6.07 Å². The Labute approximate surface area is 130 Å². The van der Waals surface area contributed by atoms with Crippen molar-refractivity contribution < 1.29 is 14.0 Å². The molecule has 2 aromatic rings. The molecule has 2 aromatic heterocycles. The van der Waals surface area contributed by atoms with Crippen LogP contribution in [0.1, 0.15) is 44.5 Å². The fourth-order valence-electron chi connectivity index (χ4n) is 2.74. The first-order valence-electron chi connectivity index (χ1n) is 7.08. The number of H-pyrrole nitrogens is 1. The minimum absolute atomic E-state index is 0.126. The van der Waals surface area contributed by atoms with Crippen molar-refractivity contribution in [1.82, 2.24) is 10.3 Å². The van der Waals surface area contributed by atoms with Crippen molar-refractivity contribution in [3.8, 4) is 6.07 Å². The summed E-state index contributed by atoms with van der Waals surface area (Å²) in [5.74, 6) is -0.255. The summed E-state index contributed by atoms with van der Waals surface area (Å²) in [7, 11) is 0. The van der Waals surface area contributed by atoms with Gasteiger partial charge in [0.05, 0.1) is 12.3 Å². The van der Waals surface area contributed by atoms with Crippen LogP contribution in [0.15, 0.2) is 33.7 Å². The third-order valence-corrected chi connectivity index (χ3v) is 3.82. The number of ketones is 1. The Morgan fingerprint density at radius 2 is 2.26 bits per heavy atom. The van der Waals surface area contributed by atoms with E-state index in [9.17, 15) is 14.4 Å². The van der Waals surface area contributed by atoms with Crippen molar-refractivity contribution in [2.45, 2.75) is 18.8 Å². The van der Waals surface area contributed by atoms with Crippen molar-refractivity contribution in [2.24, 2.45) is 0 Å². The highest BCUT2D eigenvalue weighted by atomic mass is 16.3. The van der Waals surface area contributed by atoms with Crippen LogP contribution in [0, 0.1) is 11.3 Å². The maximum atomic E-state index is 12.3. The monoisotopic (exact) mass is 311 g/mol. The van der Waals surface area contributed by atoms with Gasteiger partial charge in [-0.05, 0) is 24.6 Å². The maximum absolute atomic E-state index is 12.3. The first kappa shape index (κ1) is 14.8. The molecule has 116 valence electrons. The highest BCUT2D eigenvalue weighted by Gasteiger charge is 2.30. The SMILES string of the molecule is N#CCNC(=O)c1cc2c([nH]c1=O)CC(c1ccco1)CC2=O. The van der Waals surface area contributed by atoms with Crippen LogP contribution in [-0.2, 0) is 6.42 Å². The van der Waals surface area contributed by atoms with Gasteiger partial charge in [0, 0.05) is 23.6 Å². The molecule has 7 nitrogen and oxygen atoms in total. The van der Waals surface area contributed by atoms with E-state index in [0.29, 0.717) is 23.4 Å². The van der Waals surface area contributed by atoms with Gasteiger partial charge in [0.15, 0.2) is 5.78 Å². The number of nitrogens with zero attached hydrogens (tertiary/aromatic N) is 1. The zero-order valence-corrected chi connectivity index (χ0v) is 12.1. The van der Waals surface area contributed by atoms with Crippen LogP contribution < -0.4 is 10.9 Å². The first-order valence-corrected chi connectivity index (χ1v) is 7.08. The van der Waals surface area contributed by atoms with Gasteiger partial charge in [-0.25, -0.2) is 0 Å². The number of pyridine rings is 1. The lowest BCUT2D eigenvalue weighted by Crippen LogP contribution is -2.32. The number of nitrogens with one attached hydrogen (secondary N) is 2. The first-order chi connectivity index (χ1) is 11.1. The zero-order chi connectivity index (χ0) is 16.4. The highest BCUT2D eigenvalue weighted by Crippen LogP contribution is 2.31. The lowest BCUT2D eigenvalue weighted by Gasteiger charge is -2.22. The number of aromatic amines is 1. The number of Topliss-reactive ketones (excluding diaryl/α,β-unsaturated/α-hetero) is 1. The van der Waals surface area contributed by atoms with Crippen molar-refractivity contribution in [2.75, 3.05) is 6.54 Å². The molecule has 0 spiro atoms. The highest BCUT2D eigenvalue weighted by molar-refractivity contribution is 6.02. The predicted molar refractivity (Wildman–Crippen MR) is 79.1 cm³/mol. The number of furan rings is 1. The molecule has 0 radical (unpaired) electrons. The molecule has 0 aromatic carbocycles. The van der Waals surface area contributed by atoms with Crippen LogP contribution in [0.2, 0.25) is 0 Å². The molecule has 0 aliphatic heterocycles. The summed E-state index contributed by atoms with van der Waals surface area (Å²) >= 11 is 0. The van der Waals surface area contributed by atoms with E-state index in [1.54, 1.807) is 24.5 Å². The quantitative estimate of drug-likeness (QED) is 0.824. The van der Waals surface area contributed by atoms with Crippen LogP contribution >= 0.6 is 0 Å². The Bertz CT molecular complexity index is 858. The molecule has 1 atom stereocenters. The van der Waals surface area contributed by atoms with E-state index in [4.69, 9.17) is 9.68 Å². The number of aromatic nitrogens is 1. The molecule has 1 aliphatic rings. The summed E-state index contributed by atoms with van der Waals surface area (Å²) < 4.78 is 5.33. The van der Waals surface area contributed by atoms with Crippen LogP contribution in [0.4, 0.5) is 0 Å². The summed E-state index contributed by atoms with van der Waals surface area (Å²) in [6.45, 7) is -0.204. The van der Waals surface area contributed by atoms with E-state index in [0.717, 1.165) is 0 Å². The Balaban J connectivity index is 1.94. The van der Waals surface area contributed by atoms with Gasteiger partial charge in [0.2, 0.25) is 0 Å². The maximum Gasteiger partial charge on any atom is 0.261 e. The normalized spacial score (nSPS) is 16.5. The molecule has 0 bridgehead atoms. The fraction of sp³-hybridized carbons (Fsp3) is 0.250. The van der Waals surface area contributed by atoms with Crippen molar-refractivity contribution in [3.63, 3.8) is 0 Å². The predicted octanol–water partition coefficient (Wildman–Crippen LogP) is 1.13. The van der Waals surface area contributed by atoms with Gasteiger partial charge in [0.1, 0.15) is 17.9 Å². The fourth-order valence-corrected chi connectivity index (χ4v) is 2.74. The largest absolute Gasteiger partial charge is 0.469 e. The van der Waals surface area contributed by atoms with Gasteiger partial charge in [-0.2, -0.15) is 5.26 Å². The molecule has 3 rings (SSSR count). The molecule has 0 fully saturated rings. The molecule has 0 saturated carbocycles. The van der Waals surface area contributed by atoms with Gasteiger partial charge in [0.25, 0.3) is 11.5 Å². The number of carbonyl (C=O) groups is 2. The second-order valence-corrected chi connectivity index (χ2v) is 5.29. The number of hydrogen-bond acceptors (Lipinski definition) is 5. The summed E-state index contributed by atoms with van der Waals surface area (Å²) in [6, 6.07) is 6.61. The second-order valence-electron chi connectivity index (χ2n) is 5.29. The molecule has 2 heterocycles. The molecule has 0 saturated heterocycles. The third kappa shape index (κ3) is 2.79. The number of amides is 1. The van der Waals surface area contributed by atoms with Gasteiger partial charge in [-0.1, -0.05) is 0 Å². The standard InChI is InChI=1S/C16H13N3O4/c17-3-4-18-15(21)11-8-10-12(19-16(11)22)6-9(7-13(10)20)14-2-1-5-23-14/h1-2,5,8-9H,4,6-7H2,(H,18,21)(H,19,22). The molecule has 23 heavy (non-hydrogen) atoms. The molecule has 1 amide bonds. The van der Waals surface area contributed by atoms with Gasteiger partial charge in [-0.3, -0.25) is 14.4 Å². The zero-order valence-electron chi connectivity index (χ0n) is 12.1.